The number of amides is 2. The van der Waals surface area contributed by atoms with Crippen LogP contribution in [-0.2, 0) is 9.59 Å². The van der Waals surface area contributed by atoms with Crippen LogP contribution in [-0.4, -0.2) is 39.2 Å². The number of anilines is 1. The van der Waals surface area contributed by atoms with Crippen LogP contribution in [0, 0.1) is 10.1 Å². The van der Waals surface area contributed by atoms with E-state index < -0.39 is 28.9 Å². The van der Waals surface area contributed by atoms with Crippen LogP contribution in [0.1, 0.15) is 0 Å². The Morgan fingerprint density at radius 2 is 1.72 bits per heavy atom. The van der Waals surface area contributed by atoms with Crippen LogP contribution >= 0.6 is 0 Å². The van der Waals surface area contributed by atoms with Gasteiger partial charge in [0, 0.05) is 12.1 Å². The summed E-state index contributed by atoms with van der Waals surface area (Å²) in [7, 11) is 0. The maximum Gasteiger partial charge on any atom is 0.271 e. The molecule has 8 heteroatoms. The van der Waals surface area contributed by atoms with Crippen LogP contribution in [0.5, 0.6) is 0 Å². The van der Waals surface area contributed by atoms with E-state index in [0.29, 0.717) is 4.90 Å². The maximum atomic E-state index is 11.5. The van der Waals surface area contributed by atoms with Crippen molar-refractivity contribution >= 4 is 23.2 Å². The fourth-order valence-corrected chi connectivity index (χ4v) is 1.64. The molecule has 1 aromatic carbocycles. The number of nitro benzene ring substituents is 1. The number of aliphatic hydroxyl groups excluding tert-OH is 2. The lowest BCUT2D eigenvalue weighted by atomic mass is 10.2. The van der Waals surface area contributed by atoms with Crippen molar-refractivity contribution in [2.75, 3.05) is 4.90 Å². The van der Waals surface area contributed by atoms with Gasteiger partial charge < -0.3 is 10.2 Å². The van der Waals surface area contributed by atoms with Gasteiger partial charge in [0.2, 0.25) is 0 Å². The molecule has 0 aliphatic carbocycles. The van der Waals surface area contributed by atoms with E-state index in [1.54, 1.807) is 0 Å². The molecule has 0 bridgehead atoms. The van der Waals surface area contributed by atoms with E-state index in [4.69, 9.17) is 0 Å². The highest BCUT2D eigenvalue weighted by Crippen LogP contribution is 2.26. The van der Waals surface area contributed by atoms with Crippen molar-refractivity contribution in [3.63, 3.8) is 0 Å². The summed E-state index contributed by atoms with van der Waals surface area (Å²) in [5, 5.41) is 29.1. The Bertz CT molecular complexity index is 523. The van der Waals surface area contributed by atoms with Gasteiger partial charge >= 0.3 is 0 Å². The molecule has 1 aliphatic rings. The first kappa shape index (κ1) is 12.1. The maximum absolute atomic E-state index is 11.5. The Morgan fingerprint density at radius 1 is 1.17 bits per heavy atom. The van der Waals surface area contributed by atoms with Gasteiger partial charge in [-0.1, -0.05) is 6.07 Å². The van der Waals surface area contributed by atoms with Crippen LogP contribution in [0.2, 0.25) is 0 Å². The third kappa shape index (κ3) is 1.73. The van der Waals surface area contributed by atoms with Crippen LogP contribution in [0.4, 0.5) is 11.4 Å². The molecule has 94 valence electrons. The first-order valence-corrected chi connectivity index (χ1v) is 4.92. The largest absolute Gasteiger partial charge is 0.380 e. The quantitative estimate of drug-likeness (QED) is 0.403. The highest BCUT2D eigenvalue weighted by atomic mass is 16.6. The summed E-state index contributed by atoms with van der Waals surface area (Å²) >= 11 is 0. The molecule has 2 N–H and O–H groups in total. The van der Waals surface area contributed by atoms with Gasteiger partial charge in [-0.25, -0.2) is 4.90 Å². The van der Waals surface area contributed by atoms with Crippen molar-refractivity contribution in [3.05, 3.63) is 34.4 Å². The molecular formula is C10H8N2O6. The van der Waals surface area contributed by atoms with Gasteiger partial charge in [-0.2, -0.15) is 0 Å². The highest BCUT2D eigenvalue weighted by Gasteiger charge is 2.46. The van der Waals surface area contributed by atoms with E-state index in [9.17, 15) is 29.9 Å². The summed E-state index contributed by atoms with van der Waals surface area (Å²) < 4.78 is 0. The number of rotatable bonds is 2. The molecule has 1 aliphatic heterocycles. The normalized spacial score (nSPS) is 23.6. The molecule has 0 radical (unpaired) electrons. The molecule has 1 saturated heterocycles. The van der Waals surface area contributed by atoms with E-state index in [1.165, 1.54) is 18.2 Å². The molecule has 2 atom stereocenters. The third-order valence-corrected chi connectivity index (χ3v) is 2.54. The van der Waals surface area contributed by atoms with Gasteiger partial charge in [-0.3, -0.25) is 19.7 Å². The summed E-state index contributed by atoms with van der Waals surface area (Å²) in [6, 6.07) is 4.81. The Labute approximate surface area is 100 Å². The van der Waals surface area contributed by atoms with Crippen molar-refractivity contribution in [3.8, 4) is 0 Å². The smallest absolute Gasteiger partial charge is 0.271 e. The minimum Gasteiger partial charge on any atom is -0.380 e. The molecule has 0 aromatic heterocycles. The Kier molecular flexibility index (Phi) is 2.81. The Hall–Kier alpha value is -2.32. The van der Waals surface area contributed by atoms with Crippen molar-refractivity contribution in [2.45, 2.75) is 12.2 Å². The van der Waals surface area contributed by atoms with Gasteiger partial charge in [0.15, 0.2) is 12.2 Å². The summed E-state index contributed by atoms with van der Waals surface area (Å²) in [5.41, 5.74) is -0.362. The fraction of sp³-hybridized carbons (Fsp3) is 0.200. The number of aliphatic hydroxyl groups is 2. The first-order valence-electron chi connectivity index (χ1n) is 4.92. The predicted octanol–water partition coefficient (Wildman–Crippen LogP) is -0.810. The second kappa shape index (κ2) is 4.17. The van der Waals surface area contributed by atoms with E-state index in [0.717, 1.165) is 6.07 Å². The summed E-state index contributed by atoms with van der Waals surface area (Å²) in [4.78, 5) is 33.5. The topological polar surface area (TPSA) is 121 Å². The molecular weight excluding hydrogens is 244 g/mol. The molecule has 1 heterocycles. The number of nitrogens with zero attached hydrogens (tertiary/aromatic N) is 2. The molecule has 2 unspecified atom stereocenters. The lowest BCUT2D eigenvalue weighted by Crippen LogP contribution is -2.32. The number of nitro groups is 1. The molecule has 1 aromatic rings. The molecule has 2 rings (SSSR count). The molecule has 1 fully saturated rings. The highest BCUT2D eigenvalue weighted by molar-refractivity contribution is 6.24. The number of non-ortho nitro benzene ring substituents is 1. The average Bonchev–Trinajstić information content (AvgIpc) is 2.54. The lowest BCUT2D eigenvalue weighted by molar-refractivity contribution is -0.384. The zero-order chi connectivity index (χ0) is 13.4. The van der Waals surface area contributed by atoms with Gasteiger partial charge in [0.1, 0.15) is 0 Å². The monoisotopic (exact) mass is 252 g/mol. The first-order chi connectivity index (χ1) is 8.43. The van der Waals surface area contributed by atoms with E-state index in [-0.39, 0.29) is 11.4 Å². The minimum absolute atomic E-state index is 0.0604. The number of hydrogen-bond acceptors (Lipinski definition) is 6. The van der Waals surface area contributed by atoms with Gasteiger partial charge in [0.05, 0.1) is 10.6 Å². The molecule has 8 nitrogen and oxygen atoms in total. The predicted molar refractivity (Wildman–Crippen MR) is 57.6 cm³/mol. The van der Waals surface area contributed by atoms with Crippen molar-refractivity contribution in [1.29, 1.82) is 0 Å². The van der Waals surface area contributed by atoms with Crippen molar-refractivity contribution in [1.82, 2.24) is 0 Å². The van der Waals surface area contributed by atoms with Crippen LogP contribution in [0.25, 0.3) is 0 Å². The number of hydrogen-bond donors (Lipinski definition) is 2. The van der Waals surface area contributed by atoms with Gasteiger partial charge in [-0.15, -0.1) is 0 Å². The lowest BCUT2D eigenvalue weighted by Gasteiger charge is -2.13. The molecule has 0 saturated carbocycles. The third-order valence-electron chi connectivity index (χ3n) is 2.54. The minimum atomic E-state index is -1.84. The average molecular weight is 252 g/mol. The van der Waals surface area contributed by atoms with Gasteiger partial charge in [0.25, 0.3) is 17.5 Å². The number of carbonyl (C=O) groups excluding carboxylic acids is 2. The van der Waals surface area contributed by atoms with Crippen LogP contribution in [0.15, 0.2) is 24.3 Å². The molecule has 18 heavy (non-hydrogen) atoms. The Balaban J connectivity index is 2.43. The zero-order valence-electron chi connectivity index (χ0n) is 8.89. The molecule has 2 amide bonds. The van der Waals surface area contributed by atoms with Crippen molar-refractivity contribution in [2.24, 2.45) is 0 Å². The number of benzene rings is 1. The molecule has 0 spiro atoms. The van der Waals surface area contributed by atoms with Crippen LogP contribution in [0.3, 0.4) is 0 Å². The second-order valence-corrected chi connectivity index (χ2v) is 3.68. The van der Waals surface area contributed by atoms with E-state index >= 15 is 0 Å². The Morgan fingerprint density at radius 3 is 2.22 bits per heavy atom. The van der Waals surface area contributed by atoms with Crippen LogP contribution < -0.4 is 4.90 Å². The van der Waals surface area contributed by atoms with E-state index in [1.807, 2.05) is 0 Å². The SMILES string of the molecule is O=C1C(O)C(O)C(=O)N1c1cccc([N+](=O)[O-])c1. The summed E-state index contributed by atoms with van der Waals surface area (Å²) in [6.45, 7) is 0. The summed E-state index contributed by atoms with van der Waals surface area (Å²) in [5.74, 6) is -2.01. The van der Waals surface area contributed by atoms with Gasteiger partial charge in [-0.05, 0) is 6.07 Å². The standard InChI is InChI=1S/C10H8N2O6/c13-7-8(14)10(16)11(9(7)15)5-2-1-3-6(4-5)12(17)18/h1-4,7-8,13-14H. The fourth-order valence-electron chi connectivity index (χ4n) is 1.64. The second-order valence-electron chi connectivity index (χ2n) is 3.68. The zero-order valence-corrected chi connectivity index (χ0v) is 8.89. The van der Waals surface area contributed by atoms with Crippen molar-refractivity contribution < 1.29 is 24.7 Å². The number of imide groups is 1. The summed E-state index contributed by atoms with van der Waals surface area (Å²) in [6.07, 6.45) is -3.67. The number of carbonyl (C=O) groups is 2. The van der Waals surface area contributed by atoms with E-state index in [2.05, 4.69) is 0 Å².